The molecule has 1 atom stereocenters. The quantitative estimate of drug-likeness (QED) is 0.829. The van der Waals surface area contributed by atoms with Crippen LogP contribution in [-0.2, 0) is 16.1 Å². The van der Waals surface area contributed by atoms with Crippen molar-refractivity contribution < 1.29 is 19.1 Å². The predicted molar refractivity (Wildman–Crippen MR) is 96.0 cm³/mol. The number of nitrogens with zero attached hydrogens (tertiary/aromatic N) is 1. The lowest BCUT2D eigenvalue weighted by Gasteiger charge is -2.11. The third-order valence-electron chi connectivity index (χ3n) is 4.08. The Bertz CT molecular complexity index is 788. The van der Waals surface area contributed by atoms with Gasteiger partial charge in [0.2, 0.25) is 5.88 Å². The molecule has 1 saturated heterocycles. The van der Waals surface area contributed by atoms with E-state index in [1.54, 1.807) is 49.7 Å². The van der Waals surface area contributed by atoms with Crippen LogP contribution < -0.4 is 15.4 Å². The van der Waals surface area contributed by atoms with Crippen LogP contribution in [0.5, 0.6) is 5.88 Å². The highest BCUT2D eigenvalue weighted by Gasteiger charge is 2.23. The van der Waals surface area contributed by atoms with Crippen LogP contribution in [0.15, 0.2) is 42.6 Å². The zero-order valence-electron chi connectivity index (χ0n) is 14.5. The molecule has 136 valence electrons. The molecule has 2 heterocycles. The third kappa shape index (κ3) is 4.58. The summed E-state index contributed by atoms with van der Waals surface area (Å²) in [5.41, 5.74) is 1.92. The summed E-state index contributed by atoms with van der Waals surface area (Å²) in [5.74, 6) is 0.0912. The van der Waals surface area contributed by atoms with E-state index in [0.717, 1.165) is 18.4 Å². The maximum absolute atomic E-state index is 12.4. The number of rotatable bonds is 6. The Morgan fingerprint density at radius 2 is 2.19 bits per heavy atom. The minimum atomic E-state index is -0.408. The molecule has 1 aliphatic heterocycles. The molecule has 1 aromatic heterocycles. The van der Waals surface area contributed by atoms with Crippen molar-refractivity contribution in [1.82, 2.24) is 10.3 Å². The smallest absolute Gasteiger partial charge is 0.253 e. The summed E-state index contributed by atoms with van der Waals surface area (Å²) in [6, 6.07) is 10.4. The lowest BCUT2D eigenvalue weighted by atomic mass is 10.1. The SMILES string of the molecule is COc1cc(CNC(=O)c2cccc(NC(=O)C3CCCO3)c2)ccn1. The fraction of sp³-hybridized carbons (Fsp3) is 0.316. The summed E-state index contributed by atoms with van der Waals surface area (Å²) < 4.78 is 10.4. The van der Waals surface area contributed by atoms with Gasteiger partial charge >= 0.3 is 0 Å². The Balaban J connectivity index is 1.59. The van der Waals surface area contributed by atoms with Crippen molar-refractivity contribution in [2.24, 2.45) is 0 Å². The minimum absolute atomic E-state index is 0.177. The molecule has 0 radical (unpaired) electrons. The second-order valence-electron chi connectivity index (χ2n) is 5.96. The number of nitrogens with one attached hydrogen (secondary N) is 2. The van der Waals surface area contributed by atoms with Gasteiger partial charge in [0.15, 0.2) is 0 Å². The van der Waals surface area contributed by atoms with Crippen molar-refractivity contribution in [2.45, 2.75) is 25.5 Å². The number of hydrogen-bond acceptors (Lipinski definition) is 5. The van der Waals surface area contributed by atoms with Gasteiger partial charge in [-0.1, -0.05) is 6.07 Å². The molecule has 0 spiro atoms. The Kier molecular flexibility index (Phi) is 5.80. The molecule has 0 aliphatic carbocycles. The molecular weight excluding hydrogens is 334 g/mol. The van der Waals surface area contributed by atoms with Crippen molar-refractivity contribution in [1.29, 1.82) is 0 Å². The first-order valence-electron chi connectivity index (χ1n) is 8.45. The largest absolute Gasteiger partial charge is 0.481 e. The van der Waals surface area contributed by atoms with Gasteiger partial charge in [-0.2, -0.15) is 0 Å². The fourth-order valence-electron chi connectivity index (χ4n) is 2.70. The van der Waals surface area contributed by atoms with Crippen molar-refractivity contribution >= 4 is 17.5 Å². The maximum atomic E-state index is 12.4. The number of hydrogen-bond donors (Lipinski definition) is 2. The van der Waals surface area contributed by atoms with Crippen LogP contribution in [-0.4, -0.2) is 36.6 Å². The summed E-state index contributed by atoms with van der Waals surface area (Å²) in [7, 11) is 1.54. The molecule has 2 amide bonds. The molecule has 1 fully saturated rings. The lowest BCUT2D eigenvalue weighted by molar-refractivity contribution is -0.124. The van der Waals surface area contributed by atoms with Gasteiger partial charge in [-0.05, 0) is 42.7 Å². The summed E-state index contributed by atoms with van der Waals surface area (Å²) in [4.78, 5) is 28.5. The van der Waals surface area contributed by atoms with Crippen molar-refractivity contribution in [2.75, 3.05) is 19.0 Å². The van der Waals surface area contributed by atoms with E-state index in [-0.39, 0.29) is 11.8 Å². The van der Waals surface area contributed by atoms with Crippen LogP contribution in [0.3, 0.4) is 0 Å². The normalized spacial score (nSPS) is 16.1. The first kappa shape index (κ1) is 17.9. The molecule has 1 aliphatic rings. The highest BCUT2D eigenvalue weighted by atomic mass is 16.5. The highest BCUT2D eigenvalue weighted by molar-refractivity contribution is 5.98. The van der Waals surface area contributed by atoms with Gasteiger partial charge in [0.1, 0.15) is 6.10 Å². The van der Waals surface area contributed by atoms with Gasteiger partial charge < -0.3 is 20.1 Å². The standard InChI is InChI=1S/C19H21N3O4/c1-25-17-10-13(7-8-20-17)12-21-18(23)14-4-2-5-15(11-14)22-19(24)16-6-3-9-26-16/h2,4-5,7-8,10-11,16H,3,6,9,12H2,1H3,(H,21,23)(H,22,24). The van der Waals surface area contributed by atoms with Gasteiger partial charge in [0, 0.05) is 36.7 Å². The Hall–Kier alpha value is -2.93. The average molecular weight is 355 g/mol. The average Bonchev–Trinajstić information content (AvgIpc) is 3.21. The predicted octanol–water partition coefficient (Wildman–Crippen LogP) is 2.14. The Morgan fingerprint density at radius 3 is 2.96 bits per heavy atom. The summed E-state index contributed by atoms with van der Waals surface area (Å²) >= 11 is 0. The number of pyridine rings is 1. The molecule has 2 N–H and O–H groups in total. The summed E-state index contributed by atoms with van der Waals surface area (Å²) in [6.45, 7) is 0.963. The summed E-state index contributed by atoms with van der Waals surface area (Å²) in [5, 5.41) is 5.64. The van der Waals surface area contributed by atoms with E-state index in [2.05, 4.69) is 15.6 Å². The van der Waals surface area contributed by atoms with Gasteiger partial charge in [0.25, 0.3) is 11.8 Å². The zero-order valence-corrected chi connectivity index (χ0v) is 14.5. The number of benzene rings is 1. The van der Waals surface area contributed by atoms with E-state index < -0.39 is 6.10 Å². The first-order valence-corrected chi connectivity index (χ1v) is 8.45. The van der Waals surface area contributed by atoms with E-state index in [1.165, 1.54) is 0 Å². The molecule has 26 heavy (non-hydrogen) atoms. The number of ether oxygens (including phenoxy) is 2. The maximum Gasteiger partial charge on any atom is 0.253 e. The van der Waals surface area contributed by atoms with Gasteiger partial charge in [-0.25, -0.2) is 4.98 Å². The van der Waals surface area contributed by atoms with Gasteiger partial charge in [0.05, 0.1) is 7.11 Å². The molecular formula is C19H21N3O4. The first-order chi connectivity index (χ1) is 12.7. The van der Waals surface area contributed by atoms with Gasteiger partial charge in [-0.3, -0.25) is 9.59 Å². The molecule has 2 aromatic rings. The second kappa shape index (κ2) is 8.44. The van der Waals surface area contributed by atoms with E-state index >= 15 is 0 Å². The van der Waals surface area contributed by atoms with E-state index in [9.17, 15) is 9.59 Å². The van der Waals surface area contributed by atoms with Crippen LogP contribution in [0.25, 0.3) is 0 Å². The number of carbonyl (C=O) groups excluding carboxylic acids is 2. The van der Waals surface area contributed by atoms with Crippen molar-refractivity contribution in [3.05, 3.63) is 53.7 Å². The lowest BCUT2D eigenvalue weighted by Crippen LogP contribution is -2.27. The molecule has 7 nitrogen and oxygen atoms in total. The van der Waals surface area contributed by atoms with Crippen molar-refractivity contribution in [3.63, 3.8) is 0 Å². The Morgan fingerprint density at radius 1 is 1.31 bits per heavy atom. The van der Waals surface area contributed by atoms with E-state index in [0.29, 0.717) is 30.3 Å². The second-order valence-corrected chi connectivity index (χ2v) is 5.96. The molecule has 3 rings (SSSR count). The van der Waals surface area contributed by atoms with Crippen LogP contribution in [0, 0.1) is 0 Å². The van der Waals surface area contributed by atoms with Crippen LogP contribution in [0.2, 0.25) is 0 Å². The van der Waals surface area contributed by atoms with Crippen LogP contribution in [0.4, 0.5) is 5.69 Å². The van der Waals surface area contributed by atoms with Gasteiger partial charge in [-0.15, -0.1) is 0 Å². The molecule has 0 bridgehead atoms. The monoisotopic (exact) mass is 355 g/mol. The van der Waals surface area contributed by atoms with Crippen LogP contribution in [0.1, 0.15) is 28.8 Å². The molecule has 1 unspecified atom stereocenters. The van der Waals surface area contributed by atoms with Crippen molar-refractivity contribution in [3.8, 4) is 5.88 Å². The van der Waals surface area contributed by atoms with E-state index in [1.807, 2.05) is 0 Å². The summed E-state index contributed by atoms with van der Waals surface area (Å²) in [6.07, 6.45) is 2.83. The number of aromatic nitrogens is 1. The zero-order chi connectivity index (χ0) is 18.4. The third-order valence-corrected chi connectivity index (χ3v) is 4.08. The number of anilines is 1. The fourth-order valence-corrected chi connectivity index (χ4v) is 2.70. The number of carbonyl (C=O) groups is 2. The van der Waals surface area contributed by atoms with E-state index in [4.69, 9.17) is 9.47 Å². The highest BCUT2D eigenvalue weighted by Crippen LogP contribution is 2.16. The number of amides is 2. The number of methoxy groups -OCH3 is 1. The Labute approximate surface area is 151 Å². The minimum Gasteiger partial charge on any atom is -0.481 e. The molecule has 1 aromatic carbocycles. The topological polar surface area (TPSA) is 89.6 Å². The van der Waals surface area contributed by atoms with Crippen LogP contribution >= 0.6 is 0 Å². The molecule has 7 heteroatoms. The molecule has 0 saturated carbocycles.